The molecule has 33 heavy (non-hydrogen) atoms. The largest absolute Gasteiger partial charge is 0.426 e. The molecule has 0 unspecified atom stereocenters. The molecule has 9 heteroatoms. The number of fused-ring (bicyclic) bond motifs is 5. The minimum atomic E-state index is -5.93. The molecule has 0 bridgehead atoms. The Morgan fingerprint density at radius 3 is 2.27 bits per heavy atom. The number of alkyl halides is 6. The van der Waals surface area contributed by atoms with Crippen LogP contribution in [-0.2, 0) is 4.79 Å². The first-order valence-electron chi connectivity index (χ1n) is 11.8. The number of allylic oxidation sites excluding steroid dienone is 2. The lowest BCUT2D eigenvalue weighted by Crippen LogP contribution is -2.59. The van der Waals surface area contributed by atoms with Gasteiger partial charge in [-0.3, -0.25) is 4.79 Å². The molecule has 4 aliphatic carbocycles. The Balaban J connectivity index is 1.57. The van der Waals surface area contributed by atoms with Crippen molar-refractivity contribution in [3.8, 4) is 0 Å². The Morgan fingerprint density at radius 2 is 1.67 bits per heavy atom. The van der Waals surface area contributed by atoms with E-state index in [-0.39, 0.29) is 23.0 Å². The van der Waals surface area contributed by atoms with Crippen molar-refractivity contribution in [3.63, 3.8) is 0 Å². The van der Waals surface area contributed by atoms with E-state index >= 15 is 0 Å². The third-order valence-electron chi connectivity index (χ3n) is 9.92. The van der Waals surface area contributed by atoms with Crippen molar-refractivity contribution in [1.29, 1.82) is 0 Å². The van der Waals surface area contributed by atoms with Gasteiger partial charge >= 0.3 is 12.4 Å². The molecule has 0 aromatic heterocycles. The van der Waals surface area contributed by atoms with E-state index in [1.54, 1.807) is 0 Å². The molecule has 0 saturated heterocycles. The highest BCUT2D eigenvalue weighted by Crippen LogP contribution is 2.67. The number of aliphatic hydroxyl groups excluding tert-OH is 1. The van der Waals surface area contributed by atoms with Gasteiger partial charge in [0.25, 0.3) is 5.60 Å². The summed E-state index contributed by atoms with van der Waals surface area (Å²) in [6.07, 6.45) is -8.56. The summed E-state index contributed by atoms with van der Waals surface area (Å²) >= 11 is 0. The Morgan fingerprint density at radius 1 is 1.03 bits per heavy atom. The van der Waals surface area contributed by atoms with E-state index in [1.165, 1.54) is 5.57 Å². The number of aliphatic hydroxyl groups is 2. The zero-order chi connectivity index (χ0) is 24.6. The van der Waals surface area contributed by atoms with Crippen LogP contribution in [0.2, 0.25) is 0 Å². The van der Waals surface area contributed by atoms with Crippen LogP contribution in [0.15, 0.2) is 11.6 Å². The van der Waals surface area contributed by atoms with Crippen LogP contribution in [0.1, 0.15) is 71.6 Å². The first-order chi connectivity index (χ1) is 15.0. The number of ketones is 1. The average Bonchev–Trinajstić information content (AvgIpc) is 3.04. The predicted octanol–water partition coefficient (Wildman–Crippen LogP) is 5.74. The maximum absolute atomic E-state index is 13.2. The van der Waals surface area contributed by atoms with Gasteiger partial charge in [0, 0.05) is 19.3 Å². The maximum atomic E-state index is 13.2. The third kappa shape index (κ3) is 3.67. The molecule has 0 spiro atoms. The number of rotatable bonds is 3. The highest BCUT2D eigenvalue weighted by atomic mass is 19.4. The van der Waals surface area contributed by atoms with Gasteiger partial charge in [0.2, 0.25) is 0 Å². The zero-order valence-corrected chi connectivity index (χ0v) is 18.9. The molecular formula is C24H32F6O3. The Kier molecular flexibility index (Phi) is 5.84. The SMILES string of the molecule is C[C@]12CC[C@H]3[C@@H](CC=C4CC(=O)CC[C@@]43C)[C@@H]1CC[C@@H]2[C@@H](O)CC(O)(C(F)(F)F)C(F)(F)F. The molecule has 4 rings (SSSR count). The lowest BCUT2D eigenvalue weighted by molar-refractivity contribution is -0.375. The van der Waals surface area contributed by atoms with E-state index in [1.807, 2.05) is 6.92 Å². The molecule has 3 nitrogen and oxygen atoms in total. The normalized spacial score (nSPS) is 40.5. The number of carbonyl (C=O) groups excluding carboxylic acids is 1. The molecule has 2 N–H and O–H groups in total. The van der Waals surface area contributed by atoms with Crippen LogP contribution < -0.4 is 0 Å². The molecule has 0 amide bonds. The molecule has 0 radical (unpaired) electrons. The molecule has 3 saturated carbocycles. The van der Waals surface area contributed by atoms with E-state index in [4.69, 9.17) is 0 Å². The van der Waals surface area contributed by atoms with Crippen molar-refractivity contribution in [1.82, 2.24) is 0 Å². The maximum Gasteiger partial charge on any atom is 0.426 e. The summed E-state index contributed by atoms with van der Waals surface area (Å²) < 4.78 is 79.3. The van der Waals surface area contributed by atoms with Crippen LogP contribution in [0.25, 0.3) is 0 Å². The lowest BCUT2D eigenvalue weighted by Gasteiger charge is -2.57. The second kappa shape index (κ2) is 7.70. The van der Waals surface area contributed by atoms with E-state index in [2.05, 4.69) is 13.0 Å². The van der Waals surface area contributed by atoms with Crippen LogP contribution in [0.5, 0.6) is 0 Å². The van der Waals surface area contributed by atoms with Crippen molar-refractivity contribution >= 4 is 5.78 Å². The Bertz CT molecular complexity index is 819. The standard InChI is InChI=1S/C24H32F6O3/c1-20-9-7-14(31)11-13(20)3-4-15-16-5-6-18(21(16,2)10-8-17(15)20)19(32)12-22(33,23(25,26)27)24(28,29)30/h3,15-19,32-33H,4-12H2,1-2H3/t15-,16-,17-,18+,19-,20-,21-/m0/s1. The summed E-state index contributed by atoms with van der Waals surface area (Å²) in [5.41, 5.74) is -4.44. The second-order valence-electron chi connectivity index (χ2n) is 11.3. The van der Waals surface area contributed by atoms with Crippen LogP contribution in [0.4, 0.5) is 26.3 Å². The number of halogens is 6. The van der Waals surface area contributed by atoms with Crippen LogP contribution in [0.3, 0.4) is 0 Å². The van der Waals surface area contributed by atoms with Crippen LogP contribution >= 0.6 is 0 Å². The fourth-order valence-corrected chi connectivity index (χ4v) is 7.99. The molecule has 3 fully saturated rings. The molecule has 0 aromatic rings. The van der Waals surface area contributed by atoms with E-state index in [9.17, 15) is 41.4 Å². The van der Waals surface area contributed by atoms with Crippen molar-refractivity contribution in [2.45, 2.75) is 95.7 Å². The lowest BCUT2D eigenvalue weighted by atomic mass is 9.47. The molecule has 0 aliphatic heterocycles. The summed E-state index contributed by atoms with van der Waals surface area (Å²) in [5, 5.41) is 20.3. The number of hydrogen-bond acceptors (Lipinski definition) is 3. The monoisotopic (exact) mass is 482 g/mol. The topological polar surface area (TPSA) is 57.5 Å². The quantitative estimate of drug-likeness (QED) is 0.398. The number of hydrogen-bond donors (Lipinski definition) is 2. The minimum Gasteiger partial charge on any atom is -0.393 e. The average molecular weight is 483 g/mol. The van der Waals surface area contributed by atoms with Crippen molar-refractivity contribution in [2.75, 3.05) is 0 Å². The highest BCUT2D eigenvalue weighted by molar-refractivity contribution is 5.82. The van der Waals surface area contributed by atoms with Gasteiger partial charge in [0.05, 0.1) is 6.10 Å². The van der Waals surface area contributed by atoms with Crippen LogP contribution in [0, 0.1) is 34.5 Å². The fraction of sp³-hybridized carbons (Fsp3) is 0.875. The molecule has 7 atom stereocenters. The Labute approximate surface area is 189 Å². The molecule has 0 aromatic carbocycles. The van der Waals surface area contributed by atoms with Gasteiger partial charge in [0.1, 0.15) is 5.78 Å². The summed E-state index contributed by atoms with van der Waals surface area (Å²) in [4.78, 5) is 12.0. The zero-order valence-electron chi connectivity index (χ0n) is 18.9. The predicted molar refractivity (Wildman–Crippen MR) is 108 cm³/mol. The number of Topliss-reactive ketones (excluding diaryl/α,β-unsaturated/α-hetero) is 1. The van der Waals surface area contributed by atoms with Crippen molar-refractivity contribution < 1.29 is 41.4 Å². The smallest absolute Gasteiger partial charge is 0.393 e. The van der Waals surface area contributed by atoms with Gasteiger partial charge in [0.15, 0.2) is 0 Å². The van der Waals surface area contributed by atoms with E-state index in [0.717, 1.165) is 19.3 Å². The molecular weight excluding hydrogens is 450 g/mol. The Hall–Kier alpha value is -1.09. The molecule has 188 valence electrons. The van der Waals surface area contributed by atoms with Crippen molar-refractivity contribution in [2.24, 2.45) is 34.5 Å². The molecule has 0 heterocycles. The van der Waals surface area contributed by atoms with Crippen LogP contribution in [-0.4, -0.2) is 40.1 Å². The highest BCUT2D eigenvalue weighted by Gasteiger charge is 2.71. The van der Waals surface area contributed by atoms with Gasteiger partial charge in [-0.15, -0.1) is 0 Å². The summed E-state index contributed by atoms with van der Waals surface area (Å²) in [7, 11) is 0. The fourth-order valence-electron chi connectivity index (χ4n) is 7.99. The summed E-state index contributed by atoms with van der Waals surface area (Å²) in [6.45, 7) is 4.08. The summed E-state index contributed by atoms with van der Waals surface area (Å²) in [6, 6.07) is 0. The van der Waals surface area contributed by atoms with Gasteiger partial charge in [-0.25, -0.2) is 0 Å². The summed E-state index contributed by atoms with van der Waals surface area (Å²) in [5.74, 6) is 0.122. The molecule has 4 aliphatic rings. The van der Waals surface area contributed by atoms with Gasteiger partial charge in [-0.05, 0) is 73.0 Å². The van der Waals surface area contributed by atoms with E-state index < -0.39 is 41.8 Å². The van der Waals surface area contributed by atoms with Gasteiger partial charge in [-0.2, -0.15) is 26.3 Å². The van der Waals surface area contributed by atoms with Gasteiger partial charge in [-0.1, -0.05) is 25.5 Å². The van der Waals surface area contributed by atoms with Gasteiger partial charge < -0.3 is 10.2 Å². The number of carbonyl (C=O) groups is 1. The minimum absolute atomic E-state index is 0.0769. The van der Waals surface area contributed by atoms with Crippen molar-refractivity contribution in [3.05, 3.63) is 11.6 Å². The first-order valence-corrected chi connectivity index (χ1v) is 11.8. The second-order valence-corrected chi connectivity index (χ2v) is 11.3. The first kappa shape index (κ1) is 25.0. The van der Waals surface area contributed by atoms with E-state index in [0.29, 0.717) is 38.0 Å². The third-order valence-corrected chi connectivity index (χ3v) is 9.92.